The lowest BCUT2D eigenvalue weighted by molar-refractivity contribution is -0.302. The molecule has 1 aliphatic rings. The van der Waals surface area contributed by atoms with Crippen LogP contribution in [0.3, 0.4) is 0 Å². The number of amides is 1. The molecule has 1 fully saturated rings. The van der Waals surface area contributed by atoms with Crippen LogP contribution >= 0.6 is 0 Å². The van der Waals surface area contributed by atoms with Gasteiger partial charge in [-0.05, 0) is 57.8 Å². The first-order valence-electron chi connectivity index (χ1n) is 27.1. The third-order valence-electron chi connectivity index (χ3n) is 12.8. The molecule has 0 aromatic rings. The number of ether oxygens (including phenoxy) is 3. The zero-order valence-electron chi connectivity index (χ0n) is 41.7. The molecule has 7 atom stereocenters. The largest absolute Gasteiger partial charge is 0.466 e. The Labute approximate surface area is 397 Å². The van der Waals surface area contributed by atoms with Crippen molar-refractivity contribution in [2.45, 2.75) is 288 Å². The van der Waals surface area contributed by atoms with Crippen molar-refractivity contribution >= 4 is 11.9 Å². The first-order valence-corrected chi connectivity index (χ1v) is 27.1. The van der Waals surface area contributed by atoms with E-state index in [1.807, 2.05) is 6.08 Å². The number of rotatable bonds is 46. The van der Waals surface area contributed by atoms with E-state index in [4.69, 9.17) is 14.2 Å². The highest BCUT2D eigenvalue weighted by atomic mass is 16.7. The van der Waals surface area contributed by atoms with E-state index in [9.17, 15) is 35.1 Å². The van der Waals surface area contributed by atoms with E-state index in [0.29, 0.717) is 19.4 Å². The van der Waals surface area contributed by atoms with Crippen LogP contribution in [0.4, 0.5) is 0 Å². The van der Waals surface area contributed by atoms with E-state index in [1.54, 1.807) is 6.08 Å². The molecule has 7 unspecified atom stereocenters. The van der Waals surface area contributed by atoms with Gasteiger partial charge in [-0.2, -0.15) is 0 Å². The quantitative estimate of drug-likeness (QED) is 0.0196. The predicted molar refractivity (Wildman–Crippen MR) is 264 cm³/mol. The zero-order chi connectivity index (χ0) is 47.4. The number of allylic oxidation sites excluding steroid dienone is 3. The standard InChI is InChI=1S/C54H101NO10/c1-3-5-7-9-11-13-14-22-26-30-34-38-42-50(59)63-43-39-35-31-27-23-20-18-16-15-17-19-21-25-29-33-37-41-49(58)55-46(47(57)40-36-32-28-24-12-10-8-6-4-2)45-64-54-53(62)52(61)51(60)48(44-56)65-54/h15,17,36,40,46-48,51-54,56-57,60-62H,3-14,16,18-35,37-39,41-45H2,1-2H3,(H,55,58)/b17-15-,40-36+. The molecule has 1 amide bonds. The molecular weight excluding hydrogens is 823 g/mol. The summed E-state index contributed by atoms with van der Waals surface area (Å²) < 4.78 is 16.6. The van der Waals surface area contributed by atoms with Crippen molar-refractivity contribution in [1.82, 2.24) is 5.32 Å². The summed E-state index contributed by atoms with van der Waals surface area (Å²) in [4.78, 5) is 25.0. The normalized spacial score (nSPS) is 19.9. The van der Waals surface area contributed by atoms with Crippen LogP contribution in [0.25, 0.3) is 0 Å². The van der Waals surface area contributed by atoms with E-state index in [0.717, 1.165) is 89.9 Å². The molecule has 0 spiro atoms. The lowest BCUT2D eigenvalue weighted by atomic mass is 9.99. The fourth-order valence-corrected chi connectivity index (χ4v) is 8.43. The summed E-state index contributed by atoms with van der Waals surface area (Å²) in [5.41, 5.74) is 0. The van der Waals surface area contributed by atoms with Crippen molar-refractivity contribution in [2.75, 3.05) is 19.8 Å². The average molecular weight is 924 g/mol. The van der Waals surface area contributed by atoms with Crippen LogP contribution in [0.2, 0.25) is 0 Å². The third kappa shape index (κ3) is 35.0. The number of hydrogen-bond acceptors (Lipinski definition) is 10. The van der Waals surface area contributed by atoms with Crippen molar-refractivity contribution in [3.8, 4) is 0 Å². The first kappa shape index (κ1) is 61.2. The number of esters is 1. The highest BCUT2D eigenvalue weighted by Crippen LogP contribution is 2.23. The predicted octanol–water partition coefficient (Wildman–Crippen LogP) is 11.4. The van der Waals surface area contributed by atoms with Gasteiger partial charge < -0.3 is 45.1 Å². The fraction of sp³-hybridized carbons (Fsp3) is 0.889. The molecule has 1 heterocycles. The molecule has 0 aromatic carbocycles. The first-order chi connectivity index (χ1) is 31.7. The van der Waals surface area contributed by atoms with E-state index < -0.39 is 49.5 Å². The number of aliphatic hydroxyl groups excluding tert-OH is 5. The van der Waals surface area contributed by atoms with Gasteiger partial charge in [0.25, 0.3) is 0 Å². The SMILES string of the molecule is CCCCCCCCC/C=C/C(O)C(COC1OC(CO)C(O)C(O)C1O)NC(=O)CCCCCCC/C=C\CCCCCCCCCOC(=O)CCCCCCCCCCCCCC. The summed E-state index contributed by atoms with van der Waals surface area (Å²) in [6, 6.07) is -0.820. The van der Waals surface area contributed by atoms with Gasteiger partial charge >= 0.3 is 5.97 Å². The molecule has 11 nitrogen and oxygen atoms in total. The number of aliphatic hydroxyl groups is 5. The Morgan fingerprint density at radius 3 is 1.48 bits per heavy atom. The monoisotopic (exact) mass is 924 g/mol. The molecule has 0 aliphatic carbocycles. The maximum absolute atomic E-state index is 13.0. The minimum absolute atomic E-state index is 0.0206. The molecule has 0 radical (unpaired) electrons. The Balaban J connectivity index is 2.11. The van der Waals surface area contributed by atoms with E-state index >= 15 is 0 Å². The van der Waals surface area contributed by atoms with E-state index in [-0.39, 0.29) is 18.5 Å². The molecule has 11 heteroatoms. The van der Waals surface area contributed by atoms with E-state index in [2.05, 4.69) is 31.3 Å². The van der Waals surface area contributed by atoms with Gasteiger partial charge in [-0.15, -0.1) is 0 Å². The van der Waals surface area contributed by atoms with Gasteiger partial charge in [0.2, 0.25) is 5.91 Å². The highest BCUT2D eigenvalue weighted by Gasteiger charge is 2.44. The number of hydrogen-bond donors (Lipinski definition) is 6. The van der Waals surface area contributed by atoms with Crippen LogP contribution in [0.5, 0.6) is 0 Å². The Morgan fingerprint density at radius 1 is 0.554 bits per heavy atom. The van der Waals surface area contributed by atoms with Crippen molar-refractivity contribution in [2.24, 2.45) is 0 Å². The maximum Gasteiger partial charge on any atom is 0.305 e. The van der Waals surface area contributed by atoms with Crippen molar-refractivity contribution in [1.29, 1.82) is 0 Å². The van der Waals surface area contributed by atoms with Gasteiger partial charge in [0, 0.05) is 12.8 Å². The van der Waals surface area contributed by atoms with Gasteiger partial charge in [-0.3, -0.25) is 9.59 Å². The Hall–Kier alpha value is -1.86. The van der Waals surface area contributed by atoms with Crippen molar-refractivity contribution < 1.29 is 49.3 Å². The molecule has 382 valence electrons. The number of unbranched alkanes of at least 4 members (excludes halogenated alkanes) is 30. The van der Waals surface area contributed by atoms with Crippen LogP contribution in [0.15, 0.2) is 24.3 Å². The molecular formula is C54H101NO10. The van der Waals surface area contributed by atoms with Crippen LogP contribution in [-0.4, -0.2) is 100 Å². The van der Waals surface area contributed by atoms with Gasteiger partial charge in [0.15, 0.2) is 6.29 Å². The van der Waals surface area contributed by atoms with Gasteiger partial charge in [-0.1, -0.05) is 199 Å². The number of nitrogens with one attached hydrogen (secondary N) is 1. The molecule has 1 saturated heterocycles. The van der Waals surface area contributed by atoms with Crippen LogP contribution in [0, 0.1) is 0 Å². The topological polar surface area (TPSA) is 175 Å². The number of carbonyl (C=O) groups excluding carboxylic acids is 2. The smallest absolute Gasteiger partial charge is 0.305 e. The van der Waals surface area contributed by atoms with E-state index in [1.165, 1.54) is 128 Å². The Morgan fingerprint density at radius 2 is 0.985 bits per heavy atom. The zero-order valence-corrected chi connectivity index (χ0v) is 41.7. The summed E-state index contributed by atoms with van der Waals surface area (Å²) in [7, 11) is 0. The average Bonchev–Trinajstić information content (AvgIpc) is 3.30. The summed E-state index contributed by atoms with van der Waals surface area (Å²) in [5.74, 6) is -0.222. The van der Waals surface area contributed by atoms with Crippen molar-refractivity contribution in [3.05, 3.63) is 24.3 Å². The minimum Gasteiger partial charge on any atom is -0.466 e. The van der Waals surface area contributed by atoms with Gasteiger partial charge in [0.05, 0.1) is 32.0 Å². The molecule has 65 heavy (non-hydrogen) atoms. The Kier molecular flexibility index (Phi) is 42.0. The molecule has 6 N–H and O–H groups in total. The summed E-state index contributed by atoms with van der Waals surface area (Å²) >= 11 is 0. The second-order valence-electron chi connectivity index (χ2n) is 18.9. The minimum atomic E-state index is -1.57. The van der Waals surface area contributed by atoms with Crippen molar-refractivity contribution in [3.63, 3.8) is 0 Å². The lowest BCUT2D eigenvalue weighted by Gasteiger charge is -2.40. The second-order valence-corrected chi connectivity index (χ2v) is 18.9. The van der Waals surface area contributed by atoms with Crippen LogP contribution in [-0.2, 0) is 23.8 Å². The molecule has 1 aliphatic heterocycles. The lowest BCUT2D eigenvalue weighted by Crippen LogP contribution is -2.60. The highest BCUT2D eigenvalue weighted by molar-refractivity contribution is 5.76. The maximum atomic E-state index is 13.0. The summed E-state index contributed by atoms with van der Waals surface area (Å²) in [6.07, 6.45) is 41.2. The molecule has 0 bridgehead atoms. The van der Waals surface area contributed by atoms with Crippen LogP contribution in [0.1, 0.15) is 245 Å². The Bertz CT molecular complexity index is 1130. The molecule has 1 rings (SSSR count). The van der Waals surface area contributed by atoms with Gasteiger partial charge in [-0.25, -0.2) is 0 Å². The second kappa shape index (κ2) is 44.6. The van der Waals surface area contributed by atoms with Crippen LogP contribution < -0.4 is 5.32 Å². The number of carbonyl (C=O) groups is 2. The fourth-order valence-electron chi connectivity index (χ4n) is 8.43. The summed E-state index contributed by atoms with van der Waals surface area (Å²) in [5, 5.41) is 54.1. The third-order valence-corrected chi connectivity index (χ3v) is 12.8. The molecule has 0 saturated carbocycles. The molecule has 0 aromatic heterocycles. The summed E-state index contributed by atoms with van der Waals surface area (Å²) in [6.45, 7) is 4.27. The van der Waals surface area contributed by atoms with Gasteiger partial charge in [0.1, 0.15) is 24.4 Å².